The summed E-state index contributed by atoms with van der Waals surface area (Å²) in [5, 5.41) is 8.58. The van der Waals surface area contributed by atoms with Crippen LogP contribution in [0.5, 0.6) is 0 Å². The van der Waals surface area contributed by atoms with Crippen molar-refractivity contribution >= 4 is 22.6 Å². The third kappa shape index (κ3) is 2.70. The summed E-state index contributed by atoms with van der Waals surface area (Å²) < 4.78 is 1.46. The minimum atomic E-state index is 0.391. The number of hydrogen-bond acceptors (Lipinski definition) is 1. The second kappa shape index (κ2) is 4.45. The molecule has 0 saturated carbocycles. The Balaban J connectivity index is 2.70. The summed E-state index contributed by atoms with van der Waals surface area (Å²) in [5.41, 5.74) is 0.391. The molecular weight excluding hydrogens is 273 g/mol. The second-order valence-electron chi connectivity index (χ2n) is 4.37. The van der Waals surface area contributed by atoms with Crippen LogP contribution in [0.1, 0.15) is 39.5 Å². The van der Waals surface area contributed by atoms with E-state index in [9.17, 15) is 0 Å². The number of rotatable bonds is 2. The Morgan fingerprint density at radius 3 is 2.92 bits per heavy atom. The summed E-state index contributed by atoms with van der Waals surface area (Å²) in [6, 6.07) is 2.24. The predicted molar refractivity (Wildman–Crippen MR) is 63.5 cm³/mol. The van der Waals surface area contributed by atoms with E-state index in [-0.39, 0.29) is 0 Å². The lowest BCUT2D eigenvalue weighted by atomic mass is 9.70. The molecule has 0 aromatic heterocycles. The molecule has 0 aliphatic heterocycles. The van der Waals surface area contributed by atoms with Crippen molar-refractivity contribution in [3.05, 3.63) is 9.66 Å². The Bertz CT molecular complexity index is 247. The first-order chi connectivity index (χ1) is 6.08. The second-order valence-corrected chi connectivity index (χ2v) is 5.61. The highest BCUT2D eigenvalue weighted by Crippen LogP contribution is 2.45. The van der Waals surface area contributed by atoms with Gasteiger partial charge in [-0.25, -0.2) is 0 Å². The molecule has 1 nitrogen and oxygen atoms in total. The fourth-order valence-corrected chi connectivity index (χ4v) is 3.48. The highest BCUT2D eigenvalue weighted by atomic mass is 127. The van der Waals surface area contributed by atoms with Crippen LogP contribution in [0.4, 0.5) is 0 Å². The van der Waals surface area contributed by atoms with Gasteiger partial charge in [0.05, 0.1) is 6.07 Å². The molecule has 0 aromatic carbocycles. The van der Waals surface area contributed by atoms with Gasteiger partial charge in [-0.3, -0.25) is 0 Å². The highest BCUT2D eigenvalue weighted by molar-refractivity contribution is 14.1. The van der Waals surface area contributed by atoms with Crippen molar-refractivity contribution in [3.8, 4) is 6.07 Å². The molecule has 72 valence electrons. The van der Waals surface area contributed by atoms with Crippen molar-refractivity contribution < 1.29 is 0 Å². The van der Waals surface area contributed by atoms with Crippen LogP contribution in [0.3, 0.4) is 0 Å². The zero-order valence-corrected chi connectivity index (χ0v) is 10.5. The molecule has 2 heteroatoms. The summed E-state index contributed by atoms with van der Waals surface area (Å²) >= 11 is 2.44. The van der Waals surface area contributed by atoms with E-state index in [1.807, 2.05) is 0 Å². The standard InChI is InChI=1S/C11H16IN/c1-11(2)7-3-6-10(12)9(11)5-4-8-13/h6,9H,3-5,7H2,1-2H3/t9-/m0/s1. The molecule has 0 heterocycles. The lowest BCUT2D eigenvalue weighted by molar-refractivity contribution is 0.216. The molecular formula is C11H16IN. The van der Waals surface area contributed by atoms with E-state index in [0.29, 0.717) is 17.8 Å². The average Bonchev–Trinajstić information content (AvgIpc) is 2.02. The maximum absolute atomic E-state index is 8.58. The van der Waals surface area contributed by atoms with Crippen molar-refractivity contribution in [3.63, 3.8) is 0 Å². The Hall–Kier alpha value is -0.0400. The van der Waals surface area contributed by atoms with Gasteiger partial charge in [0.15, 0.2) is 0 Å². The molecule has 0 radical (unpaired) electrons. The third-order valence-electron chi connectivity index (χ3n) is 2.95. The first-order valence-corrected chi connectivity index (χ1v) is 5.88. The summed E-state index contributed by atoms with van der Waals surface area (Å²) in [6.07, 6.45) is 6.50. The van der Waals surface area contributed by atoms with Crippen LogP contribution in [0.25, 0.3) is 0 Å². The van der Waals surface area contributed by atoms with Gasteiger partial charge in [0.25, 0.3) is 0 Å². The van der Waals surface area contributed by atoms with Crippen molar-refractivity contribution in [2.24, 2.45) is 11.3 Å². The summed E-state index contributed by atoms with van der Waals surface area (Å²) in [6.45, 7) is 4.64. The monoisotopic (exact) mass is 289 g/mol. The number of halogens is 1. The van der Waals surface area contributed by atoms with Gasteiger partial charge in [0, 0.05) is 6.42 Å². The van der Waals surface area contributed by atoms with E-state index in [1.165, 1.54) is 16.4 Å². The first-order valence-electron chi connectivity index (χ1n) is 4.80. The first kappa shape index (κ1) is 11.0. The average molecular weight is 289 g/mol. The van der Waals surface area contributed by atoms with Crippen molar-refractivity contribution in [1.82, 2.24) is 0 Å². The maximum atomic E-state index is 8.58. The van der Waals surface area contributed by atoms with Gasteiger partial charge in [0.2, 0.25) is 0 Å². The van der Waals surface area contributed by atoms with Crippen LogP contribution in [-0.4, -0.2) is 0 Å². The van der Waals surface area contributed by atoms with Crippen LogP contribution < -0.4 is 0 Å². The molecule has 0 N–H and O–H groups in total. The Morgan fingerprint density at radius 2 is 2.38 bits per heavy atom. The molecule has 0 spiro atoms. The number of nitriles is 1. The van der Waals surface area contributed by atoms with Crippen molar-refractivity contribution in [1.29, 1.82) is 5.26 Å². The van der Waals surface area contributed by atoms with E-state index in [4.69, 9.17) is 5.26 Å². The minimum absolute atomic E-state index is 0.391. The van der Waals surface area contributed by atoms with E-state index in [0.717, 1.165) is 6.42 Å². The van der Waals surface area contributed by atoms with Gasteiger partial charge in [-0.15, -0.1) is 0 Å². The van der Waals surface area contributed by atoms with E-state index >= 15 is 0 Å². The molecule has 13 heavy (non-hydrogen) atoms. The van der Waals surface area contributed by atoms with E-state index in [2.05, 4.69) is 48.6 Å². The van der Waals surface area contributed by atoms with Gasteiger partial charge < -0.3 is 0 Å². The number of allylic oxidation sites excluding steroid dienone is 2. The van der Waals surface area contributed by atoms with Crippen LogP contribution in [0, 0.1) is 22.7 Å². The number of nitrogens with zero attached hydrogens (tertiary/aromatic N) is 1. The molecule has 0 saturated heterocycles. The van der Waals surface area contributed by atoms with Crippen LogP contribution in [0.2, 0.25) is 0 Å². The van der Waals surface area contributed by atoms with Gasteiger partial charge >= 0.3 is 0 Å². The highest BCUT2D eigenvalue weighted by Gasteiger charge is 2.32. The van der Waals surface area contributed by atoms with Gasteiger partial charge in [-0.2, -0.15) is 5.26 Å². The van der Waals surface area contributed by atoms with Gasteiger partial charge in [-0.1, -0.05) is 19.9 Å². The predicted octanol–water partition coefficient (Wildman–Crippen LogP) is 4.05. The topological polar surface area (TPSA) is 23.8 Å². The zero-order chi connectivity index (χ0) is 9.90. The van der Waals surface area contributed by atoms with Crippen LogP contribution >= 0.6 is 22.6 Å². The fraction of sp³-hybridized carbons (Fsp3) is 0.727. The molecule has 0 bridgehead atoms. The van der Waals surface area contributed by atoms with Crippen molar-refractivity contribution in [2.45, 2.75) is 39.5 Å². The third-order valence-corrected chi connectivity index (χ3v) is 4.14. The molecule has 0 unspecified atom stereocenters. The lowest BCUT2D eigenvalue weighted by Crippen LogP contribution is -2.26. The summed E-state index contributed by atoms with van der Waals surface area (Å²) in [7, 11) is 0. The van der Waals surface area contributed by atoms with Crippen LogP contribution in [-0.2, 0) is 0 Å². The normalized spacial score (nSPS) is 26.3. The van der Waals surface area contributed by atoms with Gasteiger partial charge in [-0.05, 0) is 56.8 Å². The van der Waals surface area contributed by atoms with E-state index in [1.54, 1.807) is 0 Å². The Kier molecular flexibility index (Phi) is 3.78. The zero-order valence-electron chi connectivity index (χ0n) is 8.31. The molecule has 1 aliphatic carbocycles. The SMILES string of the molecule is CC1(C)CCC=C(I)[C@@H]1CCC#N. The smallest absolute Gasteiger partial charge is 0.0621 e. The largest absolute Gasteiger partial charge is 0.198 e. The fourth-order valence-electron chi connectivity index (χ4n) is 2.01. The van der Waals surface area contributed by atoms with Gasteiger partial charge in [0.1, 0.15) is 0 Å². The lowest BCUT2D eigenvalue weighted by Gasteiger charge is -2.37. The molecule has 1 rings (SSSR count). The number of hydrogen-bond donors (Lipinski definition) is 0. The van der Waals surface area contributed by atoms with Crippen LogP contribution in [0.15, 0.2) is 9.66 Å². The molecule has 1 aliphatic rings. The maximum Gasteiger partial charge on any atom is 0.0621 e. The molecule has 1 atom stereocenters. The quantitative estimate of drug-likeness (QED) is 0.704. The molecule has 0 amide bonds. The summed E-state index contributed by atoms with van der Waals surface area (Å²) in [5.74, 6) is 0.612. The summed E-state index contributed by atoms with van der Waals surface area (Å²) in [4.78, 5) is 0. The Labute approximate surface area is 94.3 Å². The van der Waals surface area contributed by atoms with E-state index < -0.39 is 0 Å². The molecule has 0 aromatic rings. The Morgan fingerprint density at radius 1 is 1.69 bits per heavy atom. The minimum Gasteiger partial charge on any atom is -0.198 e. The molecule has 0 fully saturated rings. The van der Waals surface area contributed by atoms with Crippen molar-refractivity contribution in [2.75, 3.05) is 0 Å².